The lowest BCUT2D eigenvalue weighted by Gasteiger charge is -2.11. The van der Waals surface area contributed by atoms with Gasteiger partial charge in [0, 0.05) is 25.2 Å². The molecule has 0 aromatic carbocycles. The molecule has 0 spiro atoms. The summed E-state index contributed by atoms with van der Waals surface area (Å²) in [6.45, 7) is 6.10. The Morgan fingerprint density at radius 1 is 1.40 bits per heavy atom. The third kappa shape index (κ3) is 4.25. The monoisotopic (exact) mass is 208 g/mol. The standard InChI is InChI=1S/C11H20N4/c1-9(2)11-13-6-5-10(14-11)12-7-8-15(3)4/h5-6,9H,7-8H2,1-4H3,(H,12,13,14). The van der Waals surface area contributed by atoms with Crippen molar-refractivity contribution in [3.05, 3.63) is 18.1 Å². The fourth-order valence-corrected chi connectivity index (χ4v) is 1.16. The summed E-state index contributed by atoms with van der Waals surface area (Å²) in [6.07, 6.45) is 1.81. The minimum atomic E-state index is 0.376. The Kier molecular flexibility index (Phi) is 4.49. The number of nitrogens with zero attached hydrogens (tertiary/aromatic N) is 3. The molecule has 15 heavy (non-hydrogen) atoms. The van der Waals surface area contributed by atoms with Crippen LogP contribution in [0.1, 0.15) is 25.6 Å². The Bertz CT molecular complexity index is 296. The SMILES string of the molecule is CC(C)c1nccc(NCCN(C)C)n1. The molecule has 1 N–H and O–H groups in total. The van der Waals surface area contributed by atoms with Crippen LogP contribution in [0.4, 0.5) is 5.82 Å². The van der Waals surface area contributed by atoms with E-state index in [4.69, 9.17) is 0 Å². The number of hydrogen-bond acceptors (Lipinski definition) is 4. The lowest BCUT2D eigenvalue weighted by molar-refractivity contribution is 0.425. The number of anilines is 1. The maximum absolute atomic E-state index is 4.43. The second-order valence-corrected chi connectivity index (χ2v) is 4.18. The second-order valence-electron chi connectivity index (χ2n) is 4.18. The maximum Gasteiger partial charge on any atom is 0.133 e. The van der Waals surface area contributed by atoms with Crippen LogP contribution in [0.5, 0.6) is 0 Å². The summed E-state index contributed by atoms with van der Waals surface area (Å²) in [5, 5.41) is 3.28. The summed E-state index contributed by atoms with van der Waals surface area (Å²) in [5.74, 6) is 2.18. The van der Waals surface area contributed by atoms with E-state index in [1.807, 2.05) is 6.07 Å². The smallest absolute Gasteiger partial charge is 0.133 e. The highest BCUT2D eigenvalue weighted by atomic mass is 15.1. The molecule has 0 saturated carbocycles. The normalized spacial score (nSPS) is 11.1. The van der Waals surface area contributed by atoms with Crippen molar-refractivity contribution in [1.82, 2.24) is 14.9 Å². The minimum Gasteiger partial charge on any atom is -0.369 e. The molecule has 1 aromatic rings. The van der Waals surface area contributed by atoms with E-state index < -0.39 is 0 Å². The quantitative estimate of drug-likeness (QED) is 0.797. The Morgan fingerprint density at radius 3 is 2.73 bits per heavy atom. The van der Waals surface area contributed by atoms with Crippen molar-refractivity contribution in [2.75, 3.05) is 32.5 Å². The molecule has 0 atom stereocenters. The first kappa shape index (κ1) is 11.9. The Labute approximate surface area is 91.7 Å². The van der Waals surface area contributed by atoms with Gasteiger partial charge in [0.15, 0.2) is 0 Å². The first-order valence-corrected chi connectivity index (χ1v) is 5.31. The predicted molar refractivity (Wildman–Crippen MR) is 63.2 cm³/mol. The molecule has 0 aliphatic carbocycles. The van der Waals surface area contributed by atoms with Crippen molar-refractivity contribution in [2.24, 2.45) is 0 Å². The molecule has 84 valence electrons. The Balaban J connectivity index is 2.50. The van der Waals surface area contributed by atoms with E-state index in [1.54, 1.807) is 6.20 Å². The number of hydrogen-bond donors (Lipinski definition) is 1. The lowest BCUT2D eigenvalue weighted by Crippen LogP contribution is -2.21. The minimum absolute atomic E-state index is 0.376. The van der Waals surface area contributed by atoms with Crippen LogP contribution in [-0.4, -0.2) is 42.1 Å². The van der Waals surface area contributed by atoms with E-state index >= 15 is 0 Å². The van der Waals surface area contributed by atoms with E-state index in [9.17, 15) is 0 Å². The summed E-state index contributed by atoms with van der Waals surface area (Å²) in [6, 6.07) is 1.90. The maximum atomic E-state index is 4.43. The topological polar surface area (TPSA) is 41.1 Å². The first-order valence-electron chi connectivity index (χ1n) is 5.31. The van der Waals surface area contributed by atoms with E-state index in [0.717, 1.165) is 24.7 Å². The van der Waals surface area contributed by atoms with Crippen LogP contribution in [0.2, 0.25) is 0 Å². The van der Waals surface area contributed by atoms with Gasteiger partial charge < -0.3 is 10.2 Å². The zero-order valence-electron chi connectivity index (χ0n) is 9.99. The van der Waals surface area contributed by atoms with Crippen LogP contribution in [-0.2, 0) is 0 Å². The zero-order valence-corrected chi connectivity index (χ0v) is 9.99. The van der Waals surface area contributed by atoms with Crippen molar-refractivity contribution in [3.8, 4) is 0 Å². The second kappa shape index (κ2) is 5.66. The van der Waals surface area contributed by atoms with Gasteiger partial charge in [-0.05, 0) is 20.2 Å². The van der Waals surface area contributed by atoms with Gasteiger partial charge in [0.25, 0.3) is 0 Å². The molecule has 0 amide bonds. The van der Waals surface area contributed by atoms with Gasteiger partial charge in [-0.1, -0.05) is 13.8 Å². The van der Waals surface area contributed by atoms with Gasteiger partial charge in [0.05, 0.1) is 0 Å². The fraction of sp³-hybridized carbons (Fsp3) is 0.636. The third-order valence-electron chi connectivity index (χ3n) is 2.06. The Hall–Kier alpha value is -1.16. The summed E-state index contributed by atoms with van der Waals surface area (Å²) in [7, 11) is 4.11. The number of likely N-dealkylation sites (N-methyl/N-ethyl adjacent to an activating group) is 1. The average Bonchev–Trinajstić information content (AvgIpc) is 2.17. The Morgan fingerprint density at radius 2 is 2.13 bits per heavy atom. The molecule has 0 aliphatic rings. The third-order valence-corrected chi connectivity index (χ3v) is 2.06. The first-order chi connectivity index (χ1) is 7.09. The molecule has 4 nitrogen and oxygen atoms in total. The van der Waals surface area contributed by atoms with Gasteiger partial charge in [-0.15, -0.1) is 0 Å². The fourth-order valence-electron chi connectivity index (χ4n) is 1.16. The molecule has 0 unspecified atom stereocenters. The van der Waals surface area contributed by atoms with Crippen molar-refractivity contribution in [2.45, 2.75) is 19.8 Å². The summed E-state index contributed by atoms with van der Waals surface area (Å²) < 4.78 is 0. The number of aromatic nitrogens is 2. The molecular formula is C11H20N4. The van der Waals surface area contributed by atoms with Crippen molar-refractivity contribution >= 4 is 5.82 Å². The molecule has 1 heterocycles. The molecule has 0 saturated heterocycles. The highest BCUT2D eigenvalue weighted by molar-refractivity contribution is 5.33. The van der Waals surface area contributed by atoms with Gasteiger partial charge in [-0.25, -0.2) is 9.97 Å². The molecule has 4 heteroatoms. The van der Waals surface area contributed by atoms with Crippen molar-refractivity contribution in [3.63, 3.8) is 0 Å². The predicted octanol–water partition coefficient (Wildman–Crippen LogP) is 1.57. The van der Waals surface area contributed by atoms with E-state index in [2.05, 4.69) is 48.1 Å². The molecular weight excluding hydrogens is 188 g/mol. The lowest BCUT2D eigenvalue weighted by atomic mass is 10.2. The van der Waals surface area contributed by atoms with Crippen molar-refractivity contribution in [1.29, 1.82) is 0 Å². The van der Waals surface area contributed by atoms with Gasteiger partial charge in [-0.2, -0.15) is 0 Å². The van der Waals surface area contributed by atoms with Gasteiger partial charge in [0.2, 0.25) is 0 Å². The zero-order chi connectivity index (χ0) is 11.3. The number of nitrogens with one attached hydrogen (secondary N) is 1. The van der Waals surface area contributed by atoms with Gasteiger partial charge >= 0.3 is 0 Å². The summed E-state index contributed by atoms with van der Waals surface area (Å²) >= 11 is 0. The molecule has 0 radical (unpaired) electrons. The highest BCUT2D eigenvalue weighted by Crippen LogP contribution is 2.10. The van der Waals surface area contributed by atoms with Gasteiger partial charge in [-0.3, -0.25) is 0 Å². The average molecular weight is 208 g/mol. The molecule has 1 aromatic heterocycles. The summed E-state index contributed by atoms with van der Waals surface area (Å²) in [4.78, 5) is 10.8. The van der Waals surface area contributed by atoms with Gasteiger partial charge in [0.1, 0.15) is 11.6 Å². The van der Waals surface area contributed by atoms with Crippen LogP contribution >= 0.6 is 0 Å². The summed E-state index contributed by atoms with van der Waals surface area (Å²) in [5.41, 5.74) is 0. The van der Waals surface area contributed by atoms with E-state index in [0.29, 0.717) is 5.92 Å². The highest BCUT2D eigenvalue weighted by Gasteiger charge is 2.02. The number of rotatable bonds is 5. The van der Waals surface area contributed by atoms with E-state index in [-0.39, 0.29) is 0 Å². The van der Waals surface area contributed by atoms with Crippen LogP contribution in [0.25, 0.3) is 0 Å². The largest absolute Gasteiger partial charge is 0.369 e. The van der Waals surface area contributed by atoms with Crippen LogP contribution < -0.4 is 5.32 Å². The van der Waals surface area contributed by atoms with Crippen LogP contribution in [0.3, 0.4) is 0 Å². The molecule has 0 fully saturated rings. The van der Waals surface area contributed by atoms with E-state index in [1.165, 1.54) is 0 Å². The molecule has 0 aliphatic heterocycles. The molecule has 1 rings (SSSR count). The molecule has 0 bridgehead atoms. The van der Waals surface area contributed by atoms with Crippen LogP contribution in [0, 0.1) is 0 Å². The van der Waals surface area contributed by atoms with Crippen molar-refractivity contribution < 1.29 is 0 Å². The van der Waals surface area contributed by atoms with Crippen LogP contribution in [0.15, 0.2) is 12.3 Å².